The lowest BCUT2D eigenvalue weighted by atomic mass is 10.2. The van der Waals surface area contributed by atoms with Crippen LogP contribution in [-0.2, 0) is 16.1 Å². The minimum atomic E-state index is -1.08. The Labute approximate surface area is 156 Å². The number of nitrogens with one attached hydrogen (secondary N) is 1. The largest absolute Gasteiger partial charge is 0.476 e. The molecule has 0 saturated carbocycles. The number of hydrogen-bond acceptors (Lipinski definition) is 4. The number of anilines is 1. The molecule has 1 heterocycles. The smallest absolute Gasteiger partial charge is 0.356 e. The number of carbonyl (C=O) groups excluding carboxylic acids is 1. The lowest BCUT2D eigenvalue weighted by Gasteiger charge is -2.14. The molecule has 7 heteroatoms. The van der Waals surface area contributed by atoms with Crippen LogP contribution in [0.25, 0.3) is 5.69 Å². The van der Waals surface area contributed by atoms with Gasteiger partial charge in [-0.3, -0.25) is 4.79 Å². The molecule has 7 nitrogen and oxygen atoms in total. The quantitative estimate of drug-likeness (QED) is 0.671. The molecular weight excluding hydrogens is 346 g/mol. The highest BCUT2D eigenvalue weighted by Crippen LogP contribution is 2.14. The molecule has 1 aromatic heterocycles. The Balaban J connectivity index is 1.56. The lowest BCUT2D eigenvalue weighted by Crippen LogP contribution is -2.27. The van der Waals surface area contributed by atoms with Crippen LogP contribution >= 0.6 is 0 Å². The molecule has 2 N–H and O–H groups in total. The summed E-state index contributed by atoms with van der Waals surface area (Å²) >= 11 is 0. The monoisotopic (exact) mass is 365 g/mol. The molecule has 0 spiro atoms. The van der Waals surface area contributed by atoms with Crippen molar-refractivity contribution in [1.82, 2.24) is 9.78 Å². The van der Waals surface area contributed by atoms with Gasteiger partial charge in [-0.15, -0.1) is 0 Å². The Bertz CT molecular complexity index is 920. The third kappa shape index (κ3) is 4.80. The van der Waals surface area contributed by atoms with E-state index in [1.807, 2.05) is 30.3 Å². The number of carboxylic acid groups (broad SMARTS) is 1. The van der Waals surface area contributed by atoms with Crippen LogP contribution in [-0.4, -0.2) is 32.9 Å². The summed E-state index contributed by atoms with van der Waals surface area (Å²) in [6, 6.07) is 18.0. The van der Waals surface area contributed by atoms with E-state index in [1.54, 1.807) is 37.4 Å². The van der Waals surface area contributed by atoms with E-state index in [-0.39, 0.29) is 11.6 Å². The zero-order valence-corrected chi connectivity index (χ0v) is 14.7. The minimum Gasteiger partial charge on any atom is -0.476 e. The molecule has 0 fully saturated rings. The third-order valence-electron chi connectivity index (χ3n) is 3.92. The molecular formula is C20H19N3O4. The molecule has 2 aromatic carbocycles. The van der Waals surface area contributed by atoms with Crippen LogP contribution < -0.4 is 5.32 Å². The van der Waals surface area contributed by atoms with E-state index >= 15 is 0 Å². The van der Waals surface area contributed by atoms with Gasteiger partial charge in [0.2, 0.25) is 0 Å². The number of aromatic carboxylic acids is 1. The standard InChI is InChI=1S/C20H19N3O4/c1-14(27-13-15-5-3-2-4-6-15)19(24)21-16-7-9-17(10-8-16)23-12-11-18(22-23)20(25)26/h2-12,14H,13H2,1H3,(H,21,24)(H,25,26)/t14-/m0/s1. The fourth-order valence-electron chi connectivity index (χ4n) is 2.39. The van der Waals surface area contributed by atoms with E-state index in [2.05, 4.69) is 10.4 Å². The molecule has 0 aliphatic heterocycles. The molecule has 3 aromatic rings. The van der Waals surface area contributed by atoms with Crippen LogP contribution in [0.3, 0.4) is 0 Å². The highest BCUT2D eigenvalue weighted by molar-refractivity contribution is 5.94. The summed E-state index contributed by atoms with van der Waals surface area (Å²) in [5.74, 6) is -1.33. The van der Waals surface area contributed by atoms with Gasteiger partial charge in [0.05, 0.1) is 12.3 Å². The number of aromatic nitrogens is 2. The first kappa shape index (κ1) is 18.3. The summed E-state index contributed by atoms with van der Waals surface area (Å²) in [4.78, 5) is 23.1. The Morgan fingerprint density at radius 3 is 2.44 bits per heavy atom. The minimum absolute atomic E-state index is 0.0308. The normalized spacial score (nSPS) is 11.7. The molecule has 0 saturated heterocycles. The zero-order valence-electron chi connectivity index (χ0n) is 14.7. The molecule has 1 atom stereocenters. The SMILES string of the molecule is C[C@H](OCc1ccccc1)C(=O)Nc1ccc(-n2ccc(C(=O)O)n2)cc1. The van der Waals surface area contributed by atoms with Crippen LogP contribution in [0.2, 0.25) is 0 Å². The number of amides is 1. The molecule has 1 amide bonds. The third-order valence-corrected chi connectivity index (χ3v) is 3.92. The second-order valence-corrected chi connectivity index (χ2v) is 5.93. The van der Waals surface area contributed by atoms with Crippen molar-refractivity contribution in [2.45, 2.75) is 19.6 Å². The number of ether oxygens (including phenoxy) is 1. The van der Waals surface area contributed by atoms with E-state index in [0.29, 0.717) is 18.0 Å². The highest BCUT2D eigenvalue weighted by atomic mass is 16.5. The first-order valence-electron chi connectivity index (χ1n) is 8.39. The Hall–Kier alpha value is -3.45. The summed E-state index contributed by atoms with van der Waals surface area (Å²) in [5, 5.41) is 15.7. The topological polar surface area (TPSA) is 93.5 Å². The van der Waals surface area contributed by atoms with E-state index in [1.165, 1.54) is 10.7 Å². The maximum Gasteiger partial charge on any atom is 0.356 e. The number of hydrogen-bond donors (Lipinski definition) is 2. The van der Waals surface area contributed by atoms with E-state index < -0.39 is 12.1 Å². The predicted octanol–water partition coefficient (Wildman–Crippen LogP) is 3.11. The molecule has 0 aliphatic rings. The van der Waals surface area contributed by atoms with Gasteiger partial charge in [0, 0.05) is 11.9 Å². The molecule has 3 rings (SSSR count). The summed E-state index contributed by atoms with van der Waals surface area (Å²) in [6.45, 7) is 2.06. The average molecular weight is 365 g/mol. The van der Waals surface area contributed by atoms with Gasteiger partial charge < -0.3 is 15.2 Å². The van der Waals surface area contributed by atoms with E-state index in [0.717, 1.165) is 5.56 Å². The maximum absolute atomic E-state index is 12.2. The van der Waals surface area contributed by atoms with Crippen LogP contribution in [0.15, 0.2) is 66.9 Å². The first-order valence-corrected chi connectivity index (χ1v) is 8.39. The van der Waals surface area contributed by atoms with Crippen LogP contribution in [0.5, 0.6) is 0 Å². The zero-order chi connectivity index (χ0) is 19.2. The molecule has 138 valence electrons. The maximum atomic E-state index is 12.2. The van der Waals surface area contributed by atoms with E-state index in [9.17, 15) is 9.59 Å². The van der Waals surface area contributed by atoms with Crippen molar-refractivity contribution in [3.63, 3.8) is 0 Å². The molecule has 0 radical (unpaired) electrons. The number of benzene rings is 2. The van der Waals surface area contributed by atoms with Gasteiger partial charge in [0.25, 0.3) is 5.91 Å². The van der Waals surface area contributed by atoms with Crippen molar-refractivity contribution < 1.29 is 19.4 Å². The van der Waals surface area contributed by atoms with Crippen molar-refractivity contribution in [2.24, 2.45) is 0 Å². The number of carboxylic acids is 1. The fraction of sp³-hybridized carbons (Fsp3) is 0.150. The molecule has 0 unspecified atom stereocenters. The van der Waals surface area contributed by atoms with Gasteiger partial charge in [0.1, 0.15) is 6.10 Å². The number of nitrogens with zero attached hydrogens (tertiary/aromatic N) is 2. The molecule has 0 aliphatic carbocycles. The number of carbonyl (C=O) groups is 2. The van der Waals surface area contributed by atoms with Gasteiger partial charge >= 0.3 is 5.97 Å². The fourth-order valence-corrected chi connectivity index (χ4v) is 2.39. The van der Waals surface area contributed by atoms with Gasteiger partial charge in [-0.2, -0.15) is 5.10 Å². The van der Waals surface area contributed by atoms with Crippen molar-refractivity contribution in [2.75, 3.05) is 5.32 Å². The van der Waals surface area contributed by atoms with Gasteiger partial charge in [-0.25, -0.2) is 9.48 Å². The van der Waals surface area contributed by atoms with Gasteiger partial charge in [-0.1, -0.05) is 30.3 Å². The van der Waals surface area contributed by atoms with Crippen molar-refractivity contribution in [3.8, 4) is 5.69 Å². The van der Waals surface area contributed by atoms with Crippen molar-refractivity contribution in [1.29, 1.82) is 0 Å². The van der Waals surface area contributed by atoms with Crippen LogP contribution in [0, 0.1) is 0 Å². The van der Waals surface area contributed by atoms with Crippen molar-refractivity contribution in [3.05, 3.63) is 78.1 Å². The van der Waals surface area contributed by atoms with Crippen LogP contribution in [0.4, 0.5) is 5.69 Å². The Morgan fingerprint density at radius 2 is 1.81 bits per heavy atom. The Morgan fingerprint density at radius 1 is 1.11 bits per heavy atom. The average Bonchev–Trinajstić information content (AvgIpc) is 3.18. The summed E-state index contributed by atoms with van der Waals surface area (Å²) in [5.41, 5.74) is 2.27. The second-order valence-electron chi connectivity index (χ2n) is 5.93. The molecule has 27 heavy (non-hydrogen) atoms. The van der Waals surface area contributed by atoms with E-state index in [4.69, 9.17) is 9.84 Å². The van der Waals surface area contributed by atoms with Gasteiger partial charge in [0.15, 0.2) is 5.69 Å². The Kier molecular flexibility index (Phi) is 5.63. The predicted molar refractivity (Wildman–Crippen MR) is 99.8 cm³/mol. The first-order chi connectivity index (χ1) is 13.0. The number of rotatable bonds is 7. The summed E-state index contributed by atoms with van der Waals surface area (Å²) < 4.78 is 7.06. The summed E-state index contributed by atoms with van der Waals surface area (Å²) in [7, 11) is 0. The van der Waals surface area contributed by atoms with Gasteiger partial charge in [-0.05, 0) is 42.8 Å². The van der Waals surface area contributed by atoms with Crippen molar-refractivity contribution >= 4 is 17.6 Å². The summed E-state index contributed by atoms with van der Waals surface area (Å²) in [6.07, 6.45) is 0.963. The van der Waals surface area contributed by atoms with Crippen LogP contribution in [0.1, 0.15) is 23.0 Å². The second kappa shape index (κ2) is 8.29. The lowest BCUT2D eigenvalue weighted by molar-refractivity contribution is -0.127. The highest BCUT2D eigenvalue weighted by Gasteiger charge is 2.14. The molecule has 0 bridgehead atoms.